The van der Waals surface area contributed by atoms with Gasteiger partial charge in [-0.3, -0.25) is 4.79 Å². The minimum absolute atomic E-state index is 0.0142. The van der Waals surface area contributed by atoms with Crippen LogP contribution < -0.4 is 10.6 Å². The van der Waals surface area contributed by atoms with E-state index in [9.17, 15) is 4.79 Å². The molecule has 0 aliphatic carbocycles. The van der Waals surface area contributed by atoms with Crippen LogP contribution in [0, 0.1) is 0 Å². The fourth-order valence-electron chi connectivity index (χ4n) is 1.14. The van der Waals surface area contributed by atoms with Crippen LogP contribution in [0.15, 0.2) is 12.1 Å². The second-order valence-corrected chi connectivity index (χ2v) is 5.10. The lowest BCUT2D eigenvalue weighted by Crippen LogP contribution is -2.37. The second-order valence-electron chi connectivity index (χ2n) is 4.72. The molecule has 2 N–H and O–H groups in total. The van der Waals surface area contributed by atoms with Crippen LogP contribution in [0.1, 0.15) is 27.2 Å². The number of carbonyl (C=O) groups is 1. The molecular weight excluding hydrogens is 240 g/mol. The van der Waals surface area contributed by atoms with Gasteiger partial charge >= 0.3 is 0 Å². The highest BCUT2D eigenvalue weighted by atomic mass is 35.5. The lowest BCUT2D eigenvalue weighted by Gasteiger charge is -2.20. The van der Waals surface area contributed by atoms with Gasteiger partial charge in [0, 0.05) is 18.5 Å². The van der Waals surface area contributed by atoms with E-state index in [-0.39, 0.29) is 11.4 Å². The summed E-state index contributed by atoms with van der Waals surface area (Å²) in [4.78, 5) is 11.5. The van der Waals surface area contributed by atoms with E-state index in [4.69, 9.17) is 11.6 Å². The maximum atomic E-state index is 11.5. The quantitative estimate of drug-likeness (QED) is 0.863. The zero-order valence-electron chi connectivity index (χ0n) is 10.2. The molecule has 5 nitrogen and oxygen atoms in total. The number of amides is 1. The molecule has 0 radical (unpaired) electrons. The number of hydrogen-bond acceptors (Lipinski definition) is 4. The predicted octanol–water partition coefficient (Wildman–Crippen LogP) is 1.85. The normalized spacial score (nSPS) is 11.3. The topological polar surface area (TPSA) is 66.9 Å². The van der Waals surface area contributed by atoms with Gasteiger partial charge in [-0.2, -0.15) is 0 Å². The summed E-state index contributed by atoms with van der Waals surface area (Å²) < 4.78 is 0. The molecule has 0 fully saturated rings. The van der Waals surface area contributed by atoms with Crippen LogP contribution in [0.3, 0.4) is 0 Å². The van der Waals surface area contributed by atoms with E-state index >= 15 is 0 Å². The van der Waals surface area contributed by atoms with Gasteiger partial charge in [-0.25, -0.2) is 0 Å². The number of nitrogens with zero attached hydrogens (tertiary/aromatic N) is 2. The van der Waals surface area contributed by atoms with Gasteiger partial charge in [0.2, 0.25) is 5.91 Å². The van der Waals surface area contributed by atoms with Gasteiger partial charge in [0.1, 0.15) is 0 Å². The van der Waals surface area contributed by atoms with Crippen LogP contribution >= 0.6 is 11.6 Å². The van der Waals surface area contributed by atoms with Gasteiger partial charge in [-0.1, -0.05) is 11.6 Å². The molecule has 0 aromatic carbocycles. The van der Waals surface area contributed by atoms with Crippen LogP contribution in [-0.4, -0.2) is 28.2 Å². The number of halogens is 1. The zero-order chi connectivity index (χ0) is 12.9. The molecule has 0 saturated carbocycles. The third-order valence-electron chi connectivity index (χ3n) is 1.91. The molecule has 0 atom stereocenters. The van der Waals surface area contributed by atoms with Crippen molar-refractivity contribution in [3.8, 4) is 0 Å². The molecular formula is C11H17ClN4O. The van der Waals surface area contributed by atoms with Gasteiger partial charge in [0.15, 0.2) is 11.0 Å². The summed E-state index contributed by atoms with van der Waals surface area (Å²) in [7, 11) is 0. The summed E-state index contributed by atoms with van der Waals surface area (Å²) >= 11 is 5.59. The van der Waals surface area contributed by atoms with Crippen LogP contribution in [0.4, 0.5) is 5.82 Å². The van der Waals surface area contributed by atoms with Crippen LogP contribution in [0.25, 0.3) is 0 Å². The van der Waals surface area contributed by atoms with Crippen molar-refractivity contribution in [1.82, 2.24) is 15.5 Å². The van der Waals surface area contributed by atoms with E-state index in [0.717, 1.165) is 0 Å². The maximum Gasteiger partial charge on any atom is 0.226 e. The summed E-state index contributed by atoms with van der Waals surface area (Å²) in [5.74, 6) is 0.313. The summed E-state index contributed by atoms with van der Waals surface area (Å²) in [5.41, 5.74) is 0.0142. The van der Waals surface area contributed by atoms with Crippen molar-refractivity contribution in [3.05, 3.63) is 17.3 Å². The van der Waals surface area contributed by atoms with Crippen molar-refractivity contribution >= 4 is 23.3 Å². The lowest BCUT2D eigenvalue weighted by molar-refractivity contribution is -0.116. The average Bonchev–Trinajstić information content (AvgIpc) is 2.19. The van der Waals surface area contributed by atoms with E-state index in [1.807, 2.05) is 0 Å². The van der Waals surface area contributed by atoms with Crippen molar-refractivity contribution in [2.75, 3.05) is 11.9 Å². The van der Waals surface area contributed by atoms with Crippen LogP contribution in [0.5, 0.6) is 0 Å². The van der Waals surface area contributed by atoms with Gasteiger partial charge in [-0.05, 0) is 32.9 Å². The Morgan fingerprint density at radius 2 is 2.06 bits per heavy atom. The van der Waals surface area contributed by atoms with Crippen LogP contribution in [-0.2, 0) is 4.79 Å². The first-order chi connectivity index (χ1) is 7.87. The zero-order valence-corrected chi connectivity index (χ0v) is 11.0. The van der Waals surface area contributed by atoms with E-state index in [0.29, 0.717) is 23.9 Å². The molecule has 94 valence electrons. The molecule has 0 unspecified atom stereocenters. The Balaban J connectivity index is 2.32. The first kappa shape index (κ1) is 13.9. The summed E-state index contributed by atoms with van der Waals surface area (Å²) in [6, 6.07) is 3.20. The highest BCUT2D eigenvalue weighted by Gasteiger charge is 2.10. The standard InChI is InChI=1S/C11H17ClN4O/c1-11(2,3)13-7-6-10(17)14-9-5-4-8(12)15-16-9/h4-5,13H,6-7H2,1-3H3,(H,14,16,17). The minimum atomic E-state index is -0.0987. The predicted molar refractivity (Wildman–Crippen MR) is 68.0 cm³/mol. The molecule has 0 bridgehead atoms. The van der Waals surface area contributed by atoms with Crippen molar-refractivity contribution in [2.24, 2.45) is 0 Å². The Morgan fingerprint density at radius 1 is 1.35 bits per heavy atom. The Hall–Kier alpha value is -1.20. The smallest absolute Gasteiger partial charge is 0.226 e. The molecule has 0 spiro atoms. The molecule has 1 aromatic heterocycles. The largest absolute Gasteiger partial charge is 0.312 e. The average molecular weight is 257 g/mol. The minimum Gasteiger partial charge on any atom is -0.312 e. The maximum absolute atomic E-state index is 11.5. The van der Waals surface area contributed by atoms with Crippen molar-refractivity contribution in [1.29, 1.82) is 0 Å². The monoisotopic (exact) mass is 256 g/mol. The lowest BCUT2D eigenvalue weighted by atomic mass is 10.1. The summed E-state index contributed by atoms with van der Waals surface area (Å²) in [6.45, 7) is 6.77. The van der Waals surface area contributed by atoms with Crippen molar-refractivity contribution in [2.45, 2.75) is 32.7 Å². The number of nitrogens with one attached hydrogen (secondary N) is 2. The van der Waals surface area contributed by atoms with Crippen molar-refractivity contribution in [3.63, 3.8) is 0 Å². The molecule has 1 aromatic rings. The number of hydrogen-bond donors (Lipinski definition) is 2. The summed E-state index contributed by atoms with van der Waals surface area (Å²) in [5, 5.41) is 13.6. The molecule has 1 heterocycles. The van der Waals surface area contributed by atoms with Crippen molar-refractivity contribution < 1.29 is 4.79 Å². The number of rotatable bonds is 4. The molecule has 0 aliphatic rings. The first-order valence-electron chi connectivity index (χ1n) is 5.41. The Morgan fingerprint density at radius 3 is 2.59 bits per heavy atom. The van der Waals surface area contributed by atoms with E-state index in [1.165, 1.54) is 0 Å². The molecule has 0 saturated heterocycles. The molecule has 1 rings (SSSR count). The SMILES string of the molecule is CC(C)(C)NCCC(=O)Nc1ccc(Cl)nn1. The Kier molecular flexibility index (Phi) is 4.84. The Bertz CT molecular complexity index is 372. The summed E-state index contributed by atoms with van der Waals surface area (Å²) in [6.07, 6.45) is 0.390. The highest BCUT2D eigenvalue weighted by Crippen LogP contribution is 2.06. The third-order valence-corrected chi connectivity index (χ3v) is 2.11. The van der Waals surface area contributed by atoms with Crippen LogP contribution in [0.2, 0.25) is 5.15 Å². The molecule has 6 heteroatoms. The number of anilines is 1. The third kappa shape index (κ3) is 6.19. The van der Waals surface area contributed by atoms with Gasteiger partial charge in [0.25, 0.3) is 0 Å². The van der Waals surface area contributed by atoms with E-state index in [2.05, 4.69) is 41.6 Å². The van der Waals surface area contributed by atoms with Gasteiger partial charge in [-0.15, -0.1) is 10.2 Å². The van der Waals surface area contributed by atoms with E-state index < -0.39 is 0 Å². The van der Waals surface area contributed by atoms with Gasteiger partial charge in [0.05, 0.1) is 0 Å². The first-order valence-corrected chi connectivity index (χ1v) is 5.79. The molecule has 0 aliphatic heterocycles. The Labute approximate surface area is 106 Å². The van der Waals surface area contributed by atoms with E-state index in [1.54, 1.807) is 12.1 Å². The second kappa shape index (κ2) is 5.93. The molecule has 17 heavy (non-hydrogen) atoms. The highest BCUT2D eigenvalue weighted by molar-refractivity contribution is 6.29. The fourth-order valence-corrected chi connectivity index (χ4v) is 1.24. The number of aromatic nitrogens is 2. The molecule has 1 amide bonds. The fraction of sp³-hybridized carbons (Fsp3) is 0.545. The number of carbonyl (C=O) groups excluding carboxylic acids is 1. The van der Waals surface area contributed by atoms with Gasteiger partial charge < -0.3 is 10.6 Å².